The SMILES string of the molecule is CC(C#N)Nc1ccccc1Br. The molecule has 1 aromatic rings. The van der Waals surface area contributed by atoms with Crippen LogP contribution in [0.1, 0.15) is 6.92 Å². The number of para-hydroxylation sites is 1. The normalized spacial score (nSPS) is 11.8. The third-order valence-corrected chi connectivity index (χ3v) is 2.13. The van der Waals surface area contributed by atoms with Crippen molar-refractivity contribution in [2.45, 2.75) is 13.0 Å². The Morgan fingerprint density at radius 3 is 2.75 bits per heavy atom. The van der Waals surface area contributed by atoms with Crippen molar-refractivity contribution in [2.24, 2.45) is 0 Å². The summed E-state index contributed by atoms with van der Waals surface area (Å²) in [6, 6.07) is 9.68. The second-order valence-corrected chi connectivity index (χ2v) is 3.33. The number of hydrogen-bond donors (Lipinski definition) is 1. The van der Waals surface area contributed by atoms with Gasteiger partial charge in [-0.05, 0) is 35.0 Å². The lowest BCUT2D eigenvalue weighted by Gasteiger charge is -2.08. The van der Waals surface area contributed by atoms with Gasteiger partial charge in [-0.25, -0.2) is 0 Å². The first-order valence-corrected chi connectivity index (χ1v) is 4.44. The minimum absolute atomic E-state index is 0.163. The molecule has 0 spiro atoms. The highest BCUT2D eigenvalue weighted by molar-refractivity contribution is 9.10. The number of halogens is 1. The Balaban J connectivity index is 2.77. The van der Waals surface area contributed by atoms with E-state index in [0.29, 0.717) is 0 Å². The zero-order chi connectivity index (χ0) is 8.97. The molecule has 0 amide bonds. The fourth-order valence-corrected chi connectivity index (χ4v) is 1.24. The average molecular weight is 225 g/mol. The minimum atomic E-state index is -0.163. The standard InChI is InChI=1S/C9H9BrN2/c1-7(6-11)12-9-5-3-2-4-8(9)10/h2-5,7,12H,1H3. The minimum Gasteiger partial charge on any atom is -0.369 e. The molecular formula is C9H9BrN2. The Labute approximate surface area is 80.3 Å². The van der Waals surface area contributed by atoms with Crippen LogP contribution in [0.25, 0.3) is 0 Å². The monoisotopic (exact) mass is 224 g/mol. The smallest absolute Gasteiger partial charge is 0.111 e. The number of hydrogen-bond acceptors (Lipinski definition) is 2. The second kappa shape index (κ2) is 4.13. The number of nitrogens with one attached hydrogen (secondary N) is 1. The molecule has 12 heavy (non-hydrogen) atoms. The predicted octanol–water partition coefficient (Wildman–Crippen LogP) is 2.77. The molecule has 0 aliphatic carbocycles. The summed E-state index contributed by atoms with van der Waals surface area (Å²) in [5.41, 5.74) is 0.951. The van der Waals surface area contributed by atoms with Crippen molar-refractivity contribution in [2.75, 3.05) is 5.32 Å². The molecule has 0 saturated carbocycles. The van der Waals surface area contributed by atoms with E-state index >= 15 is 0 Å². The highest BCUT2D eigenvalue weighted by atomic mass is 79.9. The van der Waals surface area contributed by atoms with Gasteiger partial charge in [0.25, 0.3) is 0 Å². The van der Waals surface area contributed by atoms with Crippen molar-refractivity contribution in [3.05, 3.63) is 28.7 Å². The lowest BCUT2D eigenvalue weighted by Crippen LogP contribution is -2.12. The van der Waals surface area contributed by atoms with E-state index in [1.54, 1.807) is 0 Å². The molecule has 0 fully saturated rings. The van der Waals surface area contributed by atoms with E-state index in [1.165, 1.54) is 0 Å². The third-order valence-electron chi connectivity index (χ3n) is 1.44. The first-order valence-electron chi connectivity index (χ1n) is 3.64. The van der Waals surface area contributed by atoms with Gasteiger partial charge >= 0.3 is 0 Å². The van der Waals surface area contributed by atoms with E-state index < -0.39 is 0 Å². The van der Waals surface area contributed by atoms with Crippen LogP contribution in [0, 0.1) is 11.3 Å². The fraction of sp³-hybridized carbons (Fsp3) is 0.222. The molecule has 1 N–H and O–H groups in total. The summed E-state index contributed by atoms with van der Waals surface area (Å²) in [5.74, 6) is 0. The summed E-state index contributed by atoms with van der Waals surface area (Å²) in [4.78, 5) is 0. The van der Waals surface area contributed by atoms with Crippen LogP contribution in [-0.4, -0.2) is 6.04 Å². The molecular weight excluding hydrogens is 216 g/mol. The molecule has 0 radical (unpaired) electrons. The lowest BCUT2D eigenvalue weighted by atomic mass is 10.3. The zero-order valence-electron chi connectivity index (χ0n) is 6.71. The average Bonchev–Trinajstić information content (AvgIpc) is 2.09. The van der Waals surface area contributed by atoms with Crippen LogP contribution in [0.5, 0.6) is 0 Å². The molecule has 3 heteroatoms. The van der Waals surface area contributed by atoms with E-state index in [4.69, 9.17) is 5.26 Å². The molecule has 0 bridgehead atoms. The largest absolute Gasteiger partial charge is 0.369 e. The summed E-state index contributed by atoms with van der Waals surface area (Å²) in [6.07, 6.45) is 0. The molecule has 0 aromatic heterocycles. The van der Waals surface area contributed by atoms with Crippen molar-refractivity contribution in [1.82, 2.24) is 0 Å². The van der Waals surface area contributed by atoms with Gasteiger partial charge in [0.05, 0.1) is 6.07 Å². The van der Waals surface area contributed by atoms with E-state index in [9.17, 15) is 0 Å². The van der Waals surface area contributed by atoms with Crippen LogP contribution in [0.4, 0.5) is 5.69 Å². The molecule has 2 nitrogen and oxygen atoms in total. The van der Waals surface area contributed by atoms with Crippen molar-refractivity contribution in [1.29, 1.82) is 5.26 Å². The molecule has 1 unspecified atom stereocenters. The topological polar surface area (TPSA) is 35.8 Å². The van der Waals surface area contributed by atoms with Gasteiger partial charge in [-0.15, -0.1) is 0 Å². The maximum absolute atomic E-state index is 8.56. The highest BCUT2D eigenvalue weighted by Gasteiger charge is 2.01. The van der Waals surface area contributed by atoms with Crippen molar-refractivity contribution in [3.8, 4) is 6.07 Å². The molecule has 0 aliphatic rings. The number of benzene rings is 1. The Kier molecular flexibility index (Phi) is 3.12. The van der Waals surface area contributed by atoms with E-state index in [2.05, 4.69) is 27.3 Å². The van der Waals surface area contributed by atoms with Gasteiger partial charge in [-0.2, -0.15) is 5.26 Å². The third kappa shape index (κ3) is 2.24. The highest BCUT2D eigenvalue weighted by Crippen LogP contribution is 2.21. The van der Waals surface area contributed by atoms with Crippen LogP contribution in [0.15, 0.2) is 28.7 Å². The Morgan fingerprint density at radius 2 is 2.17 bits per heavy atom. The summed E-state index contributed by atoms with van der Waals surface area (Å²) < 4.78 is 0.979. The molecule has 1 atom stereocenters. The van der Waals surface area contributed by atoms with E-state index in [1.807, 2.05) is 31.2 Å². The van der Waals surface area contributed by atoms with Gasteiger partial charge in [0.15, 0.2) is 0 Å². The fourth-order valence-electron chi connectivity index (χ4n) is 0.844. The van der Waals surface area contributed by atoms with Crippen LogP contribution in [-0.2, 0) is 0 Å². The molecule has 0 saturated heterocycles. The maximum atomic E-state index is 8.56. The Hall–Kier alpha value is -1.01. The number of anilines is 1. The van der Waals surface area contributed by atoms with E-state index in [0.717, 1.165) is 10.2 Å². The van der Waals surface area contributed by atoms with Crippen molar-refractivity contribution >= 4 is 21.6 Å². The first kappa shape index (κ1) is 9.08. The van der Waals surface area contributed by atoms with E-state index in [-0.39, 0.29) is 6.04 Å². The Bertz CT molecular complexity index is 304. The molecule has 0 heterocycles. The molecule has 0 aliphatic heterocycles. The summed E-state index contributed by atoms with van der Waals surface area (Å²) in [7, 11) is 0. The van der Waals surface area contributed by atoms with Gasteiger partial charge in [0.1, 0.15) is 6.04 Å². The number of rotatable bonds is 2. The molecule has 1 aromatic carbocycles. The lowest BCUT2D eigenvalue weighted by molar-refractivity contribution is 1.01. The predicted molar refractivity (Wildman–Crippen MR) is 52.8 cm³/mol. The van der Waals surface area contributed by atoms with Gasteiger partial charge in [-0.3, -0.25) is 0 Å². The van der Waals surface area contributed by atoms with Crippen LogP contribution < -0.4 is 5.32 Å². The van der Waals surface area contributed by atoms with Gasteiger partial charge in [0.2, 0.25) is 0 Å². The van der Waals surface area contributed by atoms with Crippen molar-refractivity contribution < 1.29 is 0 Å². The first-order chi connectivity index (χ1) is 5.74. The van der Waals surface area contributed by atoms with Gasteiger partial charge < -0.3 is 5.32 Å². The van der Waals surface area contributed by atoms with Crippen LogP contribution in [0.2, 0.25) is 0 Å². The number of nitrogens with zero attached hydrogens (tertiary/aromatic N) is 1. The zero-order valence-corrected chi connectivity index (χ0v) is 8.30. The van der Waals surface area contributed by atoms with Crippen LogP contribution in [0.3, 0.4) is 0 Å². The second-order valence-electron chi connectivity index (χ2n) is 2.47. The quantitative estimate of drug-likeness (QED) is 0.839. The van der Waals surface area contributed by atoms with Crippen molar-refractivity contribution in [3.63, 3.8) is 0 Å². The summed E-state index contributed by atoms with van der Waals surface area (Å²) in [6.45, 7) is 1.82. The number of nitriles is 1. The van der Waals surface area contributed by atoms with Gasteiger partial charge in [-0.1, -0.05) is 12.1 Å². The molecule has 62 valence electrons. The van der Waals surface area contributed by atoms with Gasteiger partial charge in [0, 0.05) is 10.2 Å². The molecule has 1 rings (SSSR count). The van der Waals surface area contributed by atoms with Crippen LogP contribution >= 0.6 is 15.9 Å². The Morgan fingerprint density at radius 1 is 1.50 bits per heavy atom. The maximum Gasteiger partial charge on any atom is 0.111 e. The summed E-state index contributed by atoms with van der Waals surface area (Å²) in [5, 5.41) is 11.6. The summed E-state index contributed by atoms with van der Waals surface area (Å²) >= 11 is 3.38.